The second-order valence-corrected chi connectivity index (χ2v) is 4.80. The van der Waals surface area contributed by atoms with Crippen LogP contribution < -0.4 is 0 Å². The lowest BCUT2D eigenvalue weighted by Gasteiger charge is -2.25. The molecule has 0 aromatic carbocycles. The minimum absolute atomic E-state index is 0.215. The van der Waals surface area contributed by atoms with Gasteiger partial charge in [-0.3, -0.25) is 4.90 Å². The Morgan fingerprint density at radius 3 is 2.21 bits per heavy atom. The maximum Gasteiger partial charge on any atom is 0.408 e. The Labute approximate surface area is 89.1 Å². The van der Waals surface area contributed by atoms with Crippen molar-refractivity contribution in [1.82, 2.24) is 4.90 Å². The summed E-state index contributed by atoms with van der Waals surface area (Å²) in [5, 5.41) is 0. The first-order valence-corrected chi connectivity index (χ1v) is 5.00. The van der Waals surface area contributed by atoms with Crippen molar-refractivity contribution in [2.45, 2.75) is 12.2 Å². The highest BCUT2D eigenvalue weighted by Gasteiger charge is 2.43. The zero-order valence-corrected chi connectivity index (χ0v) is 9.17. The summed E-state index contributed by atoms with van der Waals surface area (Å²) in [6.45, 7) is 0. The van der Waals surface area contributed by atoms with E-state index >= 15 is 0 Å². The smallest absolute Gasteiger partial charge is 0.294 e. The molecule has 0 N–H and O–H groups in total. The number of halogens is 4. The van der Waals surface area contributed by atoms with Crippen LogP contribution in [0.15, 0.2) is 12.1 Å². The zero-order valence-electron chi connectivity index (χ0n) is 7.60. The minimum Gasteiger partial charge on any atom is -0.294 e. The number of alkyl halides is 3. The van der Waals surface area contributed by atoms with Crippen LogP contribution in [0.25, 0.3) is 0 Å². The molecule has 14 heavy (non-hydrogen) atoms. The average Bonchev–Trinajstić information content (AvgIpc) is 2.31. The monoisotopic (exact) mass is 243 g/mol. The van der Waals surface area contributed by atoms with Gasteiger partial charge in [0.15, 0.2) is 0 Å². The number of hydrogen-bond acceptors (Lipinski definition) is 2. The molecule has 1 aromatic heterocycles. The quantitative estimate of drug-likeness (QED) is 0.768. The lowest BCUT2D eigenvalue weighted by molar-refractivity contribution is -0.178. The van der Waals surface area contributed by atoms with E-state index < -0.39 is 12.2 Å². The third-order valence-electron chi connectivity index (χ3n) is 1.69. The van der Waals surface area contributed by atoms with E-state index in [9.17, 15) is 13.2 Å². The van der Waals surface area contributed by atoms with Crippen LogP contribution in [0.2, 0.25) is 4.34 Å². The number of rotatable bonds is 2. The Morgan fingerprint density at radius 1 is 1.36 bits per heavy atom. The third-order valence-corrected chi connectivity index (χ3v) is 2.97. The molecule has 1 unspecified atom stereocenters. The second-order valence-electron chi connectivity index (χ2n) is 3.05. The molecular weight excluding hydrogens is 235 g/mol. The molecule has 0 amide bonds. The Bertz CT molecular complexity index is 308. The van der Waals surface area contributed by atoms with Crippen molar-refractivity contribution in [3.63, 3.8) is 0 Å². The molecule has 0 bridgehead atoms. The Balaban J connectivity index is 3.01. The fraction of sp³-hybridized carbons (Fsp3) is 0.500. The SMILES string of the molecule is CN(C)C(c1ccc(Cl)s1)C(F)(F)F. The third kappa shape index (κ3) is 2.62. The van der Waals surface area contributed by atoms with Crippen molar-refractivity contribution in [3.8, 4) is 0 Å². The normalized spacial score (nSPS) is 14.8. The van der Waals surface area contributed by atoms with E-state index in [-0.39, 0.29) is 4.88 Å². The van der Waals surface area contributed by atoms with Gasteiger partial charge in [0.05, 0.1) is 4.34 Å². The van der Waals surface area contributed by atoms with Crippen molar-refractivity contribution >= 4 is 22.9 Å². The van der Waals surface area contributed by atoms with Gasteiger partial charge in [-0.25, -0.2) is 0 Å². The molecule has 80 valence electrons. The van der Waals surface area contributed by atoms with Crippen LogP contribution in [-0.2, 0) is 0 Å². The maximum absolute atomic E-state index is 12.6. The number of hydrogen-bond donors (Lipinski definition) is 0. The van der Waals surface area contributed by atoms with Crippen molar-refractivity contribution < 1.29 is 13.2 Å². The fourth-order valence-corrected chi connectivity index (χ4v) is 2.47. The molecule has 6 heteroatoms. The van der Waals surface area contributed by atoms with Gasteiger partial charge in [-0.05, 0) is 26.2 Å². The van der Waals surface area contributed by atoms with Crippen molar-refractivity contribution in [3.05, 3.63) is 21.3 Å². The zero-order chi connectivity index (χ0) is 10.9. The number of thiophene rings is 1. The van der Waals surface area contributed by atoms with Crippen LogP contribution in [0.5, 0.6) is 0 Å². The predicted octanol–water partition coefficient (Wildman–Crippen LogP) is 3.57. The fourth-order valence-electron chi connectivity index (χ4n) is 1.18. The lowest BCUT2D eigenvalue weighted by atomic mass is 10.2. The average molecular weight is 244 g/mol. The molecule has 1 atom stereocenters. The topological polar surface area (TPSA) is 3.24 Å². The van der Waals surface area contributed by atoms with Crippen LogP contribution in [0.4, 0.5) is 13.2 Å². The van der Waals surface area contributed by atoms with Gasteiger partial charge in [0, 0.05) is 4.88 Å². The first-order chi connectivity index (χ1) is 6.32. The summed E-state index contributed by atoms with van der Waals surface area (Å²) < 4.78 is 38.1. The Kier molecular flexibility index (Phi) is 3.44. The van der Waals surface area contributed by atoms with Crippen molar-refractivity contribution in [1.29, 1.82) is 0 Å². The van der Waals surface area contributed by atoms with E-state index in [0.717, 1.165) is 16.2 Å². The van der Waals surface area contributed by atoms with Gasteiger partial charge in [0.2, 0.25) is 0 Å². The standard InChI is InChI=1S/C8H9ClF3NS/c1-13(2)7(8(10,11)12)5-3-4-6(9)14-5/h3-4,7H,1-2H3. The van der Waals surface area contributed by atoms with Gasteiger partial charge in [-0.15, -0.1) is 11.3 Å². The Hall–Kier alpha value is -0.260. The van der Waals surface area contributed by atoms with Crippen molar-refractivity contribution in [2.75, 3.05) is 14.1 Å². The van der Waals surface area contributed by atoms with Crippen LogP contribution in [0.3, 0.4) is 0 Å². The van der Waals surface area contributed by atoms with Gasteiger partial charge in [0.25, 0.3) is 0 Å². The van der Waals surface area contributed by atoms with Gasteiger partial charge in [-0.1, -0.05) is 11.6 Å². The predicted molar refractivity (Wildman–Crippen MR) is 51.8 cm³/mol. The lowest BCUT2D eigenvalue weighted by Crippen LogP contribution is -2.32. The molecule has 0 aliphatic rings. The summed E-state index contributed by atoms with van der Waals surface area (Å²) in [5.74, 6) is 0. The summed E-state index contributed by atoms with van der Waals surface area (Å²) in [6.07, 6.45) is -4.27. The van der Waals surface area contributed by atoms with E-state index in [4.69, 9.17) is 11.6 Å². The van der Waals surface area contributed by atoms with E-state index in [0.29, 0.717) is 4.34 Å². The molecule has 0 aliphatic carbocycles. The molecule has 1 nitrogen and oxygen atoms in total. The molecule has 1 aromatic rings. The molecular formula is C8H9ClF3NS. The van der Waals surface area contributed by atoms with Crippen LogP contribution in [-0.4, -0.2) is 25.2 Å². The van der Waals surface area contributed by atoms with Gasteiger partial charge in [0.1, 0.15) is 6.04 Å². The van der Waals surface area contributed by atoms with E-state index in [2.05, 4.69) is 0 Å². The van der Waals surface area contributed by atoms with Crippen LogP contribution in [0.1, 0.15) is 10.9 Å². The van der Waals surface area contributed by atoms with Gasteiger partial charge < -0.3 is 0 Å². The molecule has 0 spiro atoms. The molecule has 1 rings (SSSR count). The first-order valence-electron chi connectivity index (χ1n) is 3.80. The van der Waals surface area contributed by atoms with Gasteiger partial charge in [-0.2, -0.15) is 13.2 Å². The van der Waals surface area contributed by atoms with E-state index in [1.807, 2.05) is 0 Å². The maximum atomic E-state index is 12.6. The van der Waals surface area contributed by atoms with Crippen molar-refractivity contribution in [2.24, 2.45) is 0 Å². The first kappa shape index (κ1) is 11.8. The molecule has 0 fully saturated rings. The summed E-state index contributed by atoms with van der Waals surface area (Å²) in [7, 11) is 2.79. The summed E-state index contributed by atoms with van der Waals surface area (Å²) in [5.41, 5.74) is 0. The van der Waals surface area contributed by atoms with E-state index in [1.54, 1.807) is 0 Å². The highest BCUT2D eigenvalue weighted by Crippen LogP contribution is 2.40. The molecule has 0 aliphatic heterocycles. The van der Waals surface area contributed by atoms with Gasteiger partial charge >= 0.3 is 6.18 Å². The Morgan fingerprint density at radius 2 is 1.93 bits per heavy atom. The molecule has 0 radical (unpaired) electrons. The van der Waals surface area contributed by atoms with Crippen LogP contribution >= 0.6 is 22.9 Å². The highest BCUT2D eigenvalue weighted by atomic mass is 35.5. The summed E-state index contributed by atoms with van der Waals surface area (Å²) >= 11 is 6.55. The molecule has 0 saturated heterocycles. The summed E-state index contributed by atoms with van der Waals surface area (Å²) in [4.78, 5) is 1.34. The number of nitrogens with zero attached hydrogens (tertiary/aromatic N) is 1. The molecule has 1 heterocycles. The molecule has 0 saturated carbocycles. The largest absolute Gasteiger partial charge is 0.408 e. The second kappa shape index (κ2) is 4.08. The van der Waals surface area contributed by atoms with Crippen LogP contribution in [0, 0.1) is 0 Å². The summed E-state index contributed by atoms with van der Waals surface area (Å²) in [6, 6.07) is 1.31. The van der Waals surface area contributed by atoms with E-state index in [1.165, 1.54) is 26.2 Å². The minimum atomic E-state index is -4.27. The highest BCUT2D eigenvalue weighted by molar-refractivity contribution is 7.16.